The Hall–Kier alpha value is -0.900. The highest BCUT2D eigenvalue weighted by Gasteiger charge is 2.21. The summed E-state index contributed by atoms with van der Waals surface area (Å²) in [5, 5.41) is 8.34. The zero-order valence-electron chi connectivity index (χ0n) is 10.1. The molecule has 2 rings (SSSR count). The molecule has 0 amide bonds. The summed E-state index contributed by atoms with van der Waals surface area (Å²) in [7, 11) is 0. The Morgan fingerprint density at radius 1 is 1.44 bits per heavy atom. The lowest BCUT2D eigenvalue weighted by atomic mass is 9.94. The van der Waals surface area contributed by atoms with Crippen LogP contribution in [0.25, 0.3) is 0 Å². The van der Waals surface area contributed by atoms with Crippen LogP contribution in [0, 0.1) is 0 Å². The van der Waals surface area contributed by atoms with Gasteiger partial charge in [0.25, 0.3) is 0 Å². The maximum Gasteiger partial charge on any atom is 0.137 e. The molecule has 0 spiro atoms. The van der Waals surface area contributed by atoms with E-state index in [0.717, 1.165) is 12.2 Å². The van der Waals surface area contributed by atoms with Gasteiger partial charge in [-0.05, 0) is 19.3 Å². The molecule has 0 bridgehead atoms. The van der Waals surface area contributed by atoms with Crippen LogP contribution in [0.15, 0.2) is 6.33 Å². The normalized spacial score (nSPS) is 19.9. The van der Waals surface area contributed by atoms with Crippen molar-refractivity contribution in [2.24, 2.45) is 5.73 Å². The molecule has 1 heterocycles. The molecule has 16 heavy (non-hydrogen) atoms. The van der Waals surface area contributed by atoms with Crippen molar-refractivity contribution in [3.05, 3.63) is 12.2 Å². The highest BCUT2D eigenvalue weighted by atomic mass is 15.3. The fourth-order valence-electron chi connectivity index (χ4n) is 2.64. The largest absolute Gasteiger partial charge is 0.330 e. The number of rotatable bonds is 4. The maximum absolute atomic E-state index is 5.79. The number of hydrogen-bond donors (Lipinski definition) is 1. The maximum atomic E-state index is 5.79. The van der Waals surface area contributed by atoms with E-state index in [2.05, 4.69) is 21.7 Å². The summed E-state index contributed by atoms with van der Waals surface area (Å²) < 4.78 is 2.28. The zero-order chi connectivity index (χ0) is 11.4. The van der Waals surface area contributed by atoms with E-state index in [9.17, 15) is 0 Å². The van der Waals surface area contributed by atoms with Crippen molar-refractivity contribution < 1.29 is 0 Å². The fraction of sp³-hybridized carbons (Fsp3) is 0.833. The topological polar surface area (TPSA) is 56.7 Å². The van der Waals surface area contributed by atoms with Crippen LogP contribution >= 0.6 is 0 Å². The Bertz CT molecular complexity index is 311. The van der Waals surface area contributed by atoms with Crippen LogP contribution in [0.1, 0.15) is 63.2 Å². The van der Waals surface area contributed by atoms with Crippen molar-refractivity contribution in [3.63, 3.8) is 0 Å². The van der Waals surface area contributed by atoms with Gasteiger partial charge in [0, 0.05) is 18.5 Å². The van der Waals surface area contributed by atoms with Gasteiger partial charge in [-0.2, -0.15) is 0 Å². The molecule has 0 aliphatic heterocycles. The van der Waals surface area contributed by atoms with E-state index in [1.807, 2.05) is 6.33 Å². The minimum Gasteiger partial charge on any atom is -0.330 e. The van der Waals surface area contributed by atoms with Crippen LogP contribution < -0.4 is 5.73 Å². The van der Waals surface area contributed by atoms with Gasteiger partial charge in [-0.1, -0.05) is 26.2 Å². The molecule has 1 aliphatic rings. The quantitative estimate of drug-likeness (QED) is 0.850. The van der Waals surface area contributed by atoms with Gasteiger partial charge in [0.05, 0.1) is 0 Å². The van der Waals surface area contributed by atoms with Crippen LogP contribution in [-0.2, 0) is 0 Å². The third-order valence-corrected chi connectivity index (χ3v) is 3.71. The van der Waals surface area contributed by atoms with E-state index in [4.69, 9.17) is 5.73 Å². The van der Waals surface area contributed by atoms with Crippen molar-refractivity contribution in [1.82, 2.24) is 14.8 Å². The van der Waals surface area contributed by atoms with Crippen LogP contribution in [0.4, 0.5) is 0 Å². The van der Waals surface area contributed by atoms with E-state index < -0.39 is 0 Å². The van der Waals surface area contributed by atoms with Crippen molar-refractivity contribution in [2.75, 3.05) is 6.54 Å². The molecule has 0 saturated heterocycles. The molecule has 90 valence electrons. The monoisotopic (exact) mass is 222 g/mol. The molecule has 1 atom stereocenters. The number of nitrogens with two attached hydrogens (primary N) is 1. The van der Waals surface area contributed by atoms with Crippen LogP contribution in [-0.4, -0.2) is 21.3 Å². The Balaban J connectivity index is 2.16. The first kappa shape index (κ1) is 11.6. The highest BCUT2D eigenvalue weighted by molar-refractivity contribution is 4.99. The Labute approximate surface area is 97.2 Å². The Kier molecular flexibility index (Phi) is 3.93. The second-order valence-corrected chi connectivity index (χ2v) is 4.73. The summed E-state index contributed by atoms with van der Waals surface area (Å²) in [5.74, 6) is 1.46. The van der Waals surface area contributed by atoms with Gasteiger partial charge in [-0.15, -0.1) is 10.2 Å². The highest BCUT2D eigenvalue weighted by Crippen LogP contribution is 2.30. The van der Waals surface area contributed by atoms with E-state index in [1.54, 1.807) is 0 Å². The van der Waals surface area contributed by atoms with Crippen LogP contribution in [0.3, 0.4) is 0 Å². The summed E-state index contributed by atoms with van der Waals surface area (Å²) in [4.78, 5) is 0. The Morgan fingerprint density at radius 2 is 2.19 bits per heavy atom. The van der Waals surface area contributed by atoms with Crippen LogP contribution in [0.5, 0.6) is 0 Å². The molecule has 1 saturated carbocycles. The number of aromatic nitrogens is 3. The Morgan fingerprint density at radius 3 is 2.81 bits per heavy atom. The second-order valence-electron chi connectivity index (χ2n) is 4.73. The lowest BCUT2D eigenvalue weighted by molar-refractivity contribution is 0.339. The SMILES string of the molecule is CCC(CN)c1nncn1C1CCCCC1. The molecular weight excluding hydrogens is 200 g/mol. The van der Waals surface area contributed by atoms with Gasteiger partial charge in [0.15, 0.2) is 0 Å². The fourth-order valence-corrected chi connectivity index (χ4v) is 2.64. The summed E-state index contributed by atoms with van der Waals surface area (Å²) in [6.45, 7) is 2.83. The molecule has 1 aromatic rings. The predicted octanol–water partition coefficient (Wildman–Crippen LogP) is 2.24. The first-order valence-electron chi connectivity index (χ1n) is 6.46. The number of hydrogen-bond acceptors (Lipinski definition) is 3. The summed E-state index contributed by atoms with van der Waals surface area (Å²) >= 11 is 0. The first-order valence-corrected chi connectivity index (χ1v) is 6.46. The molecule has 4 heteroatoms. The third kappa shape index (κ3) is 2.26. The standard InChI is InChI=1S/C12H22N4/c1-2-10(8-13)12-15-14-9-16(12)11-6-4-3-5-7-11/h9-11H,2-8,13H2,1H3. The van der Waals surface area contributed by atoms with Crippen molar-refractivity contribution >= 4 is 0 Å². The molecular formula is C12H22N4. The molecule has 2 N–H and O–H groups in total. The lowest BCUT2D eigenvalue weighted by Gasteiger charge is -2.25. The molecule has 1 fully saturated rings. The summed E-state index contributed by atoms with van der Waals surface area (Å²) in [6.07, 6.45) is 9.52. The summed E-state index contributed by atoms with van der Waals surface area (Å²) in [6, 6.07) is 0.611. The van der Waals surface area contributed by atoms with E-state index in [1.165, 1.54) is 32.1 Å². The minimum atomic E-state index is 0.365. The summed E-state index contributed by atoms with van der Waals surface area (Å²) in [5.41, 5.74) is 5.79. The van der Waals surface area contributed by atoms with Crippen molar-refractivity contribution in [1.29, 1.82) is 0 Å². The van der Waals surface area contributed by atoms with Gasteiger partial charge >= 0.3 is 0 Å². The number of nitrogens with zero attached hydrogens (tertiary/aromatic N) is 3. The average Bonchev–Trinajstić information content (AvgIpc) is 2.81. The minimum absolute atomic E-state index is 0.365. The zero-order valence-corrected chi connectivity index (χ0v) is 10.1. The molecule has 1 unspecified atom stereocenters. The lowest BCUT2D eigenvalue weighted by Crippen LogP contribution is -2.20. The molecule has 1 aromatic heterocycles. The van der Waals surface area contributed by atoms with Crippen molar-refractivity contribution in [2.45, 2.75) is 57.4 Å². The second kappa shape index (κ2) is 5.43. The first-order chi connectivity index (χ1) is 7.86. The van der Waals surface area contributed by atoms with Crippen LogP contribution in [0.2, 0.25) is 0 Å². The third-order valence-electron chi connectivity index (χ3n) is 3.71. The van der Waals surface area contributed by atoms with Gasteiger partial charge < -0.3 is 10.3 Å². The van der Waals surface area contributed by atoms with Gasteiger partial charge in [0.1, 0.15) is 12.2 Å². The van der Waals surface area contributed by atoms with Gasteiger partial charge in [-0.3, -0.25) is 0 Å². The molecule has 4 nitrogen and oxygen atoms in total. The van der Waals surface area contributed by atoms with Crippen molar-refractivity contribution in [3.8, 4) is 0 Å². The smallest absolute Gasteiger partial charge is 0.137 e. The van der Waals surface area contributed by atoms with E-state index in [-0.39, 0.29) is 0 Å². The molecule has 1 aliphatic carbocycles. The van der Waals surface area contributed by atoms with E-state index in [0.29, 0.717) is 18.5 Å². The average molecular weight is 222 g/mol. The molecule has 0 aromatic carbocycles. The molecule has 0 radical (unpaired) electrons. The van der Waals surface area contributed by atoms with Gasteiger partial charge in [-0.25, -0.2) is 0 Å². The van der Waals surface area contributed by atoms with E-state index >= 15 is 0 Å². The predicted molar refractivity (Wildman–Crippen MR) is 64.2 cm³/mol. The van der Waals surface area contributed by atoms with Gasteiger partial charge in [0.2, 0.25) is 0 Å².